The number of thiazole rings is 1. The Hall–Kier alpha value is -6.75. The molecule has 2 aromatic heterocycles. The largest absolute Gasteiger partial charge is 0.309 e. The van der Waals surface area contributed by atoms with Crippen molar-refractivity contribution in [2.75, 3.05) is 4.90 Å². The predicted octanol–water partition coefficient (Wildman–Crippen LogP) is 13.8. The summed E-state index contributed by atoms with van der Waals surface area (Å²) in [5, 5.41) is 4.69. The molecule has 248 valence electrons. The number of rotatable bonds is 4. The average molecular weight is 694 g/mol. The highest BCUT2D eigenvalue weighted by Crippen LogP contribution is 2.55. The molecule has 4 heteroatoms. The van der Waals surface area contributed by atoms with E-state index in [0.717, 1.165) is 44.4 Å². The molecule has 0 saturated heterocycles. The maximum atomic E-state index is 5.07. The van der Waals surface area contributed by atoms with Gasteiger partial charge in [0.2, 0.25) is 0 Å². The zero-order valence-electron chi connectivity index (χ0n) is 28.6. The second-order valence-corrected chi connectivity index (χ2v) is 14.6. The van der Waals surface area contributed by atoms with Gasteiger partial charge < -0.3 is 9.47 Å². The Labute approximate surface area is 311 Å². The lowest BCUT2D eigenvalue weighted by Gasteiger charge is -2.29. The Morgan fingerprint density at radius 3 is 1.89 bits per heavy atom. The minimum Gasteiger partial charge on any atom is -0.309 e. The second kappa shape index (κ2) is 11.9. The van der Waals surface area contributed by atoms with E-state index in [2.05, 4.69) is 191 Å². The van der Waals surface area contributed by atoms with Crippen molar-refractivity contribution in [1.29, 1.82) is 0 Å². The lowest BCUT2D eigenvalue weighted by atomic mass is 9.95. The Kier molecular flexibility index (Phi) is 6.73. The molecule has 11 rings (SSSR count). The van der Waals surface area contributed by atoms with Crippen molar-refractivity contribution in [3.63, 3.8) is 0 Å². The van der Waals surface area contributed by atoms with Gasteiger partial charge in [-0.25, -0.2) is 4.98 Å². The van der Waals surface area contributed by atoms with Crippen molar-refractivity contribution in [2.24, 2.45) is 0 Å². The summed E-state index contributed by atoms with van der Waals surface area (Å²) in [7, 11) is 0. The van der Waals surface area contributed by atoms with Crippen LogP contribution in [0.4, 0.5) is 17.1 Å². The molecular formula is C49H31N3S. The van der Waals surface area contributed by atoms with Crippen molar-refractivity contribution >= 4 is 60.3 Å². The molecule has 0 unspecified atom stereocenters. The molecule has 1 aliphatic rings. The predicted molar refractivity (Wildman–Crippen MR) is 224 cm³/mol. The van der Waals surface area contributed by atoms with Crippen LogP contribution in [0.15, 0.2) is 188 Å². The van der Waals surface area contributed by atoms with Gasteiger partial charge in [0.1, 0.15) is 5.01 Å². The first-order chi connectivity index (χ1) is 26.3. The van der Waals surface area contributed by atoms with E-state index in [0.29, 0.717) is 0 Å². The molecule has 0 atom stereocenters. The van der Waals surface area contributed by atoms with E-state index in [-0.39, 0.29) is 0 Å². The number of para-hydroxylation sites is 4. The van der Waals surface area contributed by atoms with Crippen molar-refractivity contribution in [1.82, 2.24) is 9.55 Å². The van der Waals surface area contributed by atoms with Gasteiger partial charge in [-0.05, 0) is 65.0 Å². The van der Waals surface area contributed by atoms with E-state index in [9.17, 15) is 0 Å². The van der Waals surface area contributed by atoms with Gasteiger partial charge in [0, 0.05) is 38.7 Å². The van der Waals surface area contributed by atoms with Gasteiger partial charge in [-0.15, -0.1) is 11.3 Å². The molecule has 0 fully saturated rings. The lowest BCUT2D eigenvalue weighted by molar-refractivity contribution is 1.13. The second-order valence-electron chi connectivity index (χ2n) is 13.5. The highest BCUT2D eigenvalue weighted by Gasteiger charge is 2.31. The molecule has 1 aliphatic heterocycles. The molecule has 0 spiro atoms. The maximum absolute atomic E-state index is 5.07. The number of fused-ring (bicyclic) bond motifs is 9. The van der Waals surface area contributed by atoms with Crippen molar-refractivity contribution in [2.45, 2.75) is 0 Å². The van der Waals surface area contributed by atoms with E-state index in [1.54, 1.807) is 11.3 Å². The van der Waals surface area contributed by atoms with E-state index in [4.69, 9.17) is 4.98 Å². The van der Waals surface area contributed by atoms with E-state index >= 15 is 0 Å². The Bertz CT molecular complexity index is 3010. The summed E-state index contributed by atoms with van der Waals surface area (Å²) in [6.45, 7) is 0. The van der Waals surface area contributed by atoms with Crippen LogP contribution < -0.4 is 4.90 Å². The number of nitrogens with zero attached hydrogens (tertiary/aromatic N) is 3. The molecule has 0 N–H and O–H groups in total. The monoisotopic (exact) mass is 693 g/mol. The smallest absolute Gasteiger partial charge is 0.124 e. The molecule has 0 aliphatic carbocycles. The quantitative estimate of drug-likeness (QED) is 0.183. The molecule has 0 saturated carbocycles. The summed E-state index contributed by atoms with van der Waals surface area (Å²) in [5.74, 6) is 0. The molecule has 3 heterocycles. The van der Waals surface area contributed by atoms with Gasteiger partial charge in [0.25, 0.3) is 0 Å². The number of anilines is 3. The third kappa shape index (κ3) is 4.63. The SMILES string of the molecule is c1ccc(-c2nc3cc(-c4ccc(N5c6ccccc6-c6c(n(-c7ccccc7)c7ccccc67)-c6ccccc65)c5ccccc45)ccc3s2)cc1. The van der Waals surface area contributed by atoms with Gasteiger partial charge in [-0.1, -0.05) is 140 Å². The number of benzene rings is 8. The fourth-order valence-electron chi connectivity index (χ4n) is 8.28. The van der Waals surface area contributed by atoms with Crippen molar-refractivity contribution in [3.8, 4) is 49.8 Å². The normalized spacial score (nSPS) is 12.1. The minimum atomic E-state index is 1.03. The summed E-state index contributed by atoms with van der Waals surface area (Å²) in [6, 6.07) is 68.0. The minimum absolute atomic E-state index is 1.03. The van der Waals surface area contributed by atoms with Gasteiger partial charge in [-0.3, -0.25) is 0 Å². The van der Waals surface area contributed by atoms with Crippen LogP contribution in [0, 0.1) is 0 Å². The van der Waals surface area contributed by atoms with Crippen LogP contribution in [0.5, 0.6) is 0 Å². The van der Waals surface area contributed by atoms with Crippen molar-refractivity contribution < 1.29 is 0 Å². The summed E-state index contributed by atoms with van der Waals surface area (Å²) >= 11 is 1.74. The fourth-order valence-corrected chi connectivity index (χ4v) is 9.23. The van der Waals surface area contributed by atoms with Crippen LogP contribution in [0.1, 0.15) is 0 Å². The Morgan fingerprint density at radius 2 is 1.08 bits per heavy atom. The fraction of sp³-hybridized carbons (Fsp3) is 0. The molecule has 53 heavy (non-hydrogen) atoms. The summed E-state index contributed by atoms with van der Waals surface area (Å²) in [6.07, 6.45) is 0. The third-order valence-electron chi connectivity index (χ3n) is 10.6. The van der Waals surface area contributed by atoms with Crippen LogP contribution in [0.2, 0.25) is 0 Å². The zero-order chi connectivity index (χ0) is 34.9. The first kappa shape index (κ1) is 29.9. The van der Waals surface area contributed by atoms with E-state index in [1.807, 2.05) is 6.07 Å². The van der Waals surface area contributed by atoms with Crippen LogP contribution in [0.25, 0.3) is 81.7 Å². The first-order valence-electron chi connectivity index (χ1n) is 18.0. The van der Waals surface area contributed by atoms with Gasteiger partial charge in [0.05, 0.1) is 38.5 Å². The third-order valence-corrected chi connectivity index (χ3v) is 11.7. The van der Waals surface area contributed by atoms with E-state index in [1.165, 1.54) is 54.3 Å². The summed E-state index contributed by atoms with van der Waals surface area (Å²) in [4.78, 5) is 7.56. The molecule has 3 nitrogen and oxygen atoms in total. The molecular weight excluding hydrogens is 663 g/mol. The first-order valence-corrected chi connectivity index (χ1v) is 18.8. The maximum Gasteiger partial charge on any atom is 0.124 e. The van der Waals surface area contributed by atoms with Crippen LogP contribution in [-0.4, -0.2) is 9.55 Å². The van der Waals surface area contributed by atoms with Gasteiger partial charge in [-0.2, -0.15) is 0 Å². The summed E-state index contributed by atoms with van der Waals surface area (Å²) in [5.41, 5.74) is 15.2. The Balaban J connectivity index is 1.15. The highest BCUT2D eigenvalue weighted by molar-refractivity contribution is 7.21. The van der Waals surface area contributed by atoms with Crippen molar-refractivity contribution in [3.05, 3.63) is 188 Å². The number of aromatic nitrogens is 2. The topological polar surface area (TPSA) is 21.1 Å². The molecule has 0 bridgehead atoms. The summed E-state index contributed by atoms with van der Waals surface area (Å²) < 4.78 is 3.64. The lowest BCUT2D eigenvalue weighted by Crippen LogP contribution is -2.12. The molecule has 8 aromatic carbocycles. The van der Waals surface area contributed by atoms with Gasteiger partial charge >= 0.3 is 0 Å². The number of hydrogen-bond acceptors (Lipinski definition) is 3. The molecule has 0 amide bonds. The zero-order valence-corrected chi connectivity index (χ0v) is 29.5. The highest BCUT2D eigenvalue weighted by atomic mass is 32.1. The molecule has 10 aromatic rings. The van der Waals surface area contributed by atoms with Crippen LogP contribution >= 0.6 is 11.3 Å². The van der Waals surface area contributed by atoms with Crippen LogP contribution in [-0.2, 0) is 0 Å². The van der Waals surface area contributed by atoms with Crippen LogP contribution in [0.3, 0.4) is 0 Å². The average Bonchev–Trinajstić information content (AvgIpc) is 3.78. The Morgan fingerprint density at radius 1 is 0.434 bits per heavy atom. The number of hydrogen-bond donors (Lipinski definition) is 0. The standard InChI is InChI=1S/C49H31N3S/c1-3-15-32(16-4-1)49-50-41-31-33(27-30-46(41)53-49)35-28-29-45(37-20-8-7-19-36(35)37)52-43-25-13-10-22-39(43)47-38-21-9-12-24-42(38)51(34-17-5-2-6-18-34)48(47)40-23-11-14-26-44(40)52/h1-31H. The van der Waals surface area contributed by atoms with Gasteiger partial charge in [0.15, 0.2) is 0 Å². The van der Waals surface area contributed by atoms with E-state index < -0.39 is 0 Å². The molecule has 0 radical (unpaired) electrons.